The fourth-order valence-corrected chi connectivity index (χ4v) is 1.68. The van der Waals surface area contributed by atoms with Crippen LogP contribution in [0.3, 0.4) is 0 Å². The molecule has 2 N–H and O–H groups in total. The van der Waals surface area contributed by atoms with Crippen LogP contribution in [0.25, 0.3) is 0 Å². The molecule has 0 amide bonds. The first-order valence-corrected chi connectivity index (χ1v) is 4.96. The van der Waals surface area contributed by atoms with Gasteiger partial charge in [0.2, 0.25) is 0 Å². The van der Waals surface area contributed by atoms with E-state index in [1.54, 1.807) is 4.98 Å². The number of aliphatic hydroxyl groups is 1. The Morgan fingerprint density at radius 1 is 1.50 bits per heavy atom. The molecule has 100 valence electrons. The van der Waals surface area contributed by atoms with E-state index >= 15 is 0 Å². The third-order valence-corrected chi connectivity index (χ3v) is 2.62. The van der Waals surface area contributed by atoms with Gasteiger partial charge in [0.15, 0.2) is 18.6 Å². The Balaban J connectivity index is 2.41. The van der Waals surface area contributed by atoms with Crippen LogP contribution < -0.4 is 11.2 Å². The first-order chi connectivity index (χ1) is 8.39. The smallest absolute Gasteiger partial charge is 0.330 e. The minimum Gasteiger partial charge on any atom is -0.390 e. The summed E-state index contributed by atoms with van der Waals surface area (Å²) in [7, 11) is 0. The van der Waals surface area contributed by atoms with E-state index in [0.29, 0.717) is 4.57 Å². The molecule has 0 saturated carbocycles. The highest BCUT2D eigenvalue weighted by molar-refractivity contribution is 4.97. The van der Waals surface area contributed by atoms with E-state index in [9.17, 15) is 22.8 Å². The first kappa shape index (κ1) is 12.8. The van der Waals surface area contributed by atoms with Crippen LogP contribution in [-0.4, -0.2) is 39.5 Å². The van der Waals surface area contributed by atoms with Crippen LogP contribution in [0.1, 0.15) is 6.23 Å². The lowest BCUT2D eigenvalue weighted by Gasteiger charge is -2.18. The van der Waals surface area contributed by atoms with Crippen molar-refractivity contribution < 1.29 is 23.0 Å². The molecule has 0 aromatic carbocycles. The maximum atomic E-state index is 13.6. The summed E-state index contributed by atoms with van der Waals surface area (Å²) in [6, 6.07) is 0.877. The van der Waals surface area contributed by atoms with Crippen LogP contribution in [0.4, 0.5) is 13.2 Å². The molecule has 0 bridgehead atoms. The summed E-state index contributed by atoms with van der Waals surface area (Å²) in [6.45, 7) is -1.39. The van der Waals surface area contributed by atoms with Crippen molar-refractivity contribution in [1.82, 2.24) is 9.55 Å². The van der Waals surface area contributed by atoms with Crippen LogP contribution in [0.15, 0.2) is 21.9 Å². The second kappa shape index (κ2) is 4.25. The van der Waals surface area contributed by atoms with Crippen molar-refractivity contribution in [2.45, 2.75) is 24.4 Å². The minimum absolute atomic E-state index is 0.510. The highest BCUT2D eigenvalue weighted by atomic mass is 19.2. The molecule has 1 aliphatic rings. The molecule has 4 atom stereocenters. The molecule has 2 rings (SSSR count). The van der Waals surface area contributed by atoms with Gasteiger partial charge in [0.05, 0.1) is 0 Å². The van der Waals surface area contributed by atoms with Gasteiger partial charge in [0.25, 0.3) is 11.4 Å². The zero-order chi connectivity index (χ0) is 13.5. The topological polar surface area (TPSA) is 84.3 Å². The fraction of sp³-hybridized carbons (Fsp3) is 0.556. The van der Waals surface area contributed by atoms with Gasteiger partial charge < -0.3 is 9.84 Å². The molecule has 1 saturated heterocycles. The molecule has 0 radical (unpaired) electrons. The number of halogens is 3. The van der Waals surface area contributed by atoms with Crippen LogP contribution in [0.2, 0.25) is 0 Å². The third kappa shape index (κ3) is 1.85. The molecule has 6 nitrogen and oxygen atoms in total. The van der Waals surface area contributed by atoms with Crippen LogP contribution in [-0.2, 0) is 4.74 Å². The molecule has 0 aliphatic carbocycles. The van der Waals surface area contributed by atoms with E-state index in [0.717, 1.165) is 12.3 Å². The number of hydrogen-bond donors (Lipinski definition) is 2. The lowest BCUT2D eigenvalue weighted by molar-refractivity contribution is -0.196. The second-order valence-corrected chi connectivity index (χ2v) is 3.82. The van der Waals surface area contributed by atoms with Gasteiger partial charge in [-0.15, -0.1) is 0 Å². The molecule has 4 unspecified atom stereocenters. The number of aromatic amines is 1. The highest BCUT2D eigenvalue weighted by Gasteiger charge is 2.58. The Bertz CT molecular complexity index is 559. The van der Waals surface area contributed by atoms with E-state index in [4.69, 9.17) is 5.11 Å². The zero-order valence-corrected chi connectivity index (χ0v) is 8.85. The Morgan fingerprint density at radius 2 is 2.17 bits per heavy atom. The summed E-state index contributed by atoms with van der Waals surface area (Å²) in [5, 5.41) is 8.64. The number of rotatable bonds is 2. The molecular formula is C9H9F3N2O4. The molecule has 18 heavy (non-hydrogen) atoms. The van der Waals surface area contributed by atoms with Crippen molar-refractivity contribution in [2.24, 2.45) is 0 Å². The quantitative estimate of drug-likeness (QED) is 0.748. The molecule has 1 fully saturated rings. The predicted molar refractivity (Wildman–Crippen MR) is 52.2 cm³/mol. The second-order valence-electron chi connectivity index (χ2n) is 3.82. The fourth-order valence-electron chi connectivity index (χ4n) is 1.68. The number of hydrogen-bond acceptors (Lipinski definition) is 4. The Hall–Kier alpha value is -1.61. The summed E-state index contributed by atoms with van der Waals surface area (Å²) >= 11 is 0. The van der Waals surface area contributed by atoms with Gasteiger partial charge in [-0.1, -0.05) is 0 Å². The first-order valence-electron chi connectivity index (χ1n) is 4.96. The third-order valence-electron chi connectivity index (χ3n) is 2.62. The molecule has 1 aromatic rings. The van der Waals surface area contributed by atoms with Crippen LogP contribution in [0.5, 0.6) is 0 Å². The normalized spacial score (nSPS) is 35.9. The van der Waals surface area contributed by atoms with Crippen molar-refractivity contribution >= 4 is 0 Å². The zero-order valence-electron chi connectivity index (χ0n) is 8.85. The van der Waals surface area contributed by atoms with E-state index in [-0.39, 0.29) is 0 Å². The number of aliphatic hydroxyl groups excluding tert-OH is 1. The molecular weight excluding hydrogens is 257 g/mol. The monoisotopic (exact) mass is 266 g/mol. The van der Waals surface area contributed by atoms with E-state index in [1.165, 1.54) is 0 Å². The van der Waals surface area contributed by atoms with Crippen molar-refractivity contribution in [1.29, 1.82) is 0 Å². The van der Waals surface area contributed by atoms with Gasteiger partial charge in [0, 0.05) is 12.3 Å². The SMILES string of the molecule is O=c1ccn(C2OC(F)(CO)C(F)C2F)c(=O)[nH]1. The Labute approximate surface area is 97.6 Å². The highest BCUT2D eigenvalue weighted by Crippen LogP contribution is 2.40. The number of ether oxygens (including phenoxy) is 1. The number of H-pyrrole nitrogens is 1. The van der Waals surface area contributed by atoms with Crippen LogP contribution in [0, 0.1) is 0 Å². The van der Waals surface area contributed by atoms with E-state index in [2.05, 4.69) is 4.74 Å². The Morgan fingerprint density at radius 3 is 2.67 bits per heavy atom. The standard InChI is InChI=1S/C9H9F3N2O4/c10-5-6(11)9(12,3-15)18-7(5)14-2-1-4(16)13-8(14)17/h1-2,5-7,15H,3H2,(H,13,16,17). The summed E-state index contributed by atoms with van der Waals surface area (Å²) < 4.78 is 45.3. The van der Waals surface area contributed by atoms with Crippen molar-refractivity contribution in [2.75, 3.05) is 6.61 Å². The number of aromatic nitrogens is 2. The number of alkyl halides is 3. The van der Waals surface area contributed by atoms with Gasteiger partial charge in [0.1, 0.15) is 6.61 Å². The summed E-state index contributed by atoms with van der Waals surface area (Å²) in [4.78, 5) is 23.9. The summed E-state index contributed by atoms with van der Waals surface area (Å²) in [5.41, 5.74) is -1.81. The van der Waals surface area contributed by atoms with E-state index in [1.807, 2.05) is 0 Å². The largest absolute Gasteiger partial charge is 0.390 e. The van der Waals surface area contributed by atoms with Gasteiger partial charge in [-0.3, -0.25) is 14.3 Å². The lowest BCUT2D eigenvalue weighted by Crippen LogP contribution is -2.38. The maximum absolute atomic E-state index is 13.6. The van der Waals surface area contributed by atoms with E-state index < -0.39 is 42.3 Å². The van der Waals surface area contributed by atoms with Gasteiger partial charge in [-0.25, -0.2) is 18.0 Å². The van der Waals surface area contributed by atoms with Crippen LogP contribution >= 0.6 is 0 Å². The molecule has 1 aromatic heterocycles. The van der Waals surface area contributed by atoms with Crippen molar-refractivity contribution in [3.63, 3.8) is 0 Å². The minimum atomic E-state index is -3.21. The van der Waals surface area contributed by atoms with Crippen molar-refractivity contribution in [3.8, 4) is 0 Å². The maximum Gasteiger partial charge on any atom is 0.330 e. The molecule has 1 aliphatic heterocycles. The summed E-state index contributed by atoms with van der Waals surface area (Å²) in [6.07, 6.45) is -6.24. The summed E-state index contributed by atoms with van der Waals surface area (Å²) in [5.74, 6) is -3.21. The number of nitrogens with one attached hydrogen (secondary N) is 1. The average Bonchev–Trinajstić information content (AvgIpc) is 2.55. The van der Waals surface area contributed by atoms with Gasteiger partial charge >= 0.3 is 5.69 Å². The van der Waals surface area contributed by atoms with Gasteiger partial charge in [-0.05, 0) is 0 Å². The van der Waals surface area contributed by atoms with Crippen molar-refractivity contribution in [3.05, 3.63) is 33.1 Å². The lowest BCUT2D eigenvalue weighted by atomic mass is 10.1. The molecule has 2 heterocycles. The average molecular weight is 266 g/mol. The Kier molecular flexibility index (Phi) is 3.03. The predicted octanol–water partition coefficient (Wildman–Crippen LogP) is -0.600. The van der Waals surface area contributed by atoms with Gasteiger partial charge in [-0.2, -0.15) is 0 Å². The number of nitrogens with zero attached hydrogens (tertiary/aromatic N) is 1. The molecule has 0 spiro atoms. The molecule has 9 heteroatoms.